The van der Waals surface area contributed by atoms with E-state index in [-0.39, 0.29) is 0 Å². The molecule has 4 N–H and O–H groups in total. The lowest BCUT2D eigenvalue weighted by Gasteiger charge is -2.30. The Morgan fingerprint density at radius 3 is 1.80 bits per heavy atom. The molecule has 0 heterocycles. The molecule has 0 saturated carbocycles. The van der Waals surface area contributed by atoms with Gasteiger partial charge in [0.25, 0.3) is 0 Å². The molecule has 92 valence electrons. The molecule has 0 aromatic rings. The van der Waals surface area contributed by atoms with E-state index in [0.29, 0.717) is 23.9 Å². The van der Waals surface area contributed by atoms with Crippen molar-refractivity contribution in [3.05, 3.63) is 0 Å². The van der Waals surface area contributed by atoms with E-state index in [1.165, 1.54) is 0 Å². The molecule has 0 radical (unpaired) electrons. The first-order valence-corrected chi connectivity index (χ1v) is 8.52. The number of hydrogen-bond donors (Lipinski definition) is 4. The molecule has 6 nitrogen and oxygen atoms in total. The minimum atomic E-state index is -4.85. The Morgan fingerprint density at radius 2 is 1.53 bits per heavy atom. The van der Waals surface area contributed by atoms with E-state index in [4.69, 9.17) is 19.6 Å². The first kappa shape index (κ1) is 15.7. The van der Waals surface area contributed by atoms with Crippen molar-refractivity contribution in [2.75, 3.05) is 5.75 Å². The molecular weight excluding hydrogens is 262 g/mol. The van der Waals surface area contributed by atoms with Gasteiger partial charge in [-0.3, -0.25) is 9.13 Å². The highest BCUT2D eigenvalue weighted by Gasteiger charge is 2.56. The Bertz CT molecular complexity index is 272. The van der Waals surface area contributed by atoms with Crippen LogP contribution in [0.1, 0.15) is 26.7 Å². The summed E-state index contributed by atoms with van der Waals surface area (Å²) in [6, 6.07) is 0. The first-order chi connectivity index (χ1) is 6.56. The van der Waals surface area contributed by atoms with Crippen LogP contribution in [0.3, 0.4) is 0 Å². The van der Waals surface area contributed by atoms with E-state index < -0.39 is 19.4 Å². The van der Waals surface area contributed by atoms with E-state index in [2.05, 4.69) is 0 Å². The highest BCUT2D eigenvalue weighted by molar-refractivity contribution is 8.13. The second-order valence-corrected chi connectivity index (χ2v) is 9.66. The molecule has 0 spiro atoms. The summed E-state index contributed by atoms with van der Waals surface area (Å²) in [5.41, 5.74) is 0. The molecule has 0 unspecified atom stereocenters. The predicted octanol–water partition coefficient (Wildman–Crippen LogP) is 1.55. The van der Waals surface area contributed by atoms with Crippen molar-refractivity contribution < 1.29 is 28.7 Å². The Kier molecular flexibility index (Phi) is 5.55. The molecule has 0 amide bonds. The van der Waals surface area contributed by atoms with Crippen LogP contribution in [0, 0.1) is 0 Å². The summed E-state index contributed by atoms with van der Waals surface area (Å²) in [6.07, 6.45) is 1.45. The molecule has 15 heavy (non-hydrogen) atoms. The predicted molar refractivity (Wildman–Crippen MR) is 59.9 cm³/mol. The SMILES string of the molecule is CCCCSC(C)(P(=O)(O)O)P(=O)(O)O. The topological polar surface area (TPSA) is 115 Å². The van der Waals surface area contributed by atoms with Gasteiger partial charge in [-0.1, -0.05) is 13.3 Å². The molecule has 0 saturated heterocycles. The molecule has 0 rings (SSSR count). The number of unbranched alkanes of at least 4 members (excludes halogenated alkanes) is 1. The van der Waals surface area contributed by atoms with E-state index >= 15 is 0 Å². The Hall–Kier alpha value is 0.650. The van der Waals surface area contributed by atoms with Crippen LogP contribution in [0.2, 0.25) is 0 Å². The number of hydrogen-bond acceptors (Lipinski definition) is 3. The van der Waals surface area contributed by atoms with Gasteiger partial charge in [-0.05, 0) is 19.1 Å². The summed E-state index contributed by atoms with van der Waals surface area (Å²) in [5.74, 6) is 0.309. The van der Waals surface area contributed by atoms with E-state index in [0.717, 1.165) is 13.3 Å². The second-order valence-electron chi connectivity index (χ2n) is 3.22. The Labute approximate surface area is 92.8 Å². The molecule has 0 bridgehead atoms. The fourth-order valence-corrected chi connectivity index (χ4v) is 4.82. The zero-order valence-electron chi connectivity index (χ0n) is 8.53. The van der Waals surface area contributed by atoms with Gasteiger partial charge in [-0.25, -0.2) is 0 Å². The maximum Gasteiger partial charge on any atom is 0.353 e. The molecule has 0 aliphatic carbocycles. The molecule has 0 fully saturated rings. The van der Waals surface area contributed by atoms with Crippen molar-refractivity contribution in [2.45, 2.75) is 30.9 Å². The molecule has 0 aromatic heterocycles. The maximum absolute atomic E-state index is 11.1. The van der Waals surface area contributed by atoms with Crippen LogP contribution in [-0.4, -0.2) is 29.6 Å². The van der Waals surface area contributed by atoms with Gasteiger partial charge in [0, 0.05) is 0 Å². The lowest BCUT2D eigenvalue weighted by atomic mass is 10.4. The summed E-state index contributed by atoms with van der Waals surface area (Å²) in [7, 11) is -9.70. The molecular formula is C6H16O6P2S. The van der Waals surface area contributed by atoms with Gasteiger partial charge in [-0.15, -0.1) is 11.8 Å². The van der Waals surface area contributed by atoms with Crippen LogP contribution < -0.4 is 0 Å². The van der Waals surface area contributed by atoms with Crippen molar-refractivity contribution in [3.63, 3.8) is 0 Å². The summed E-state index contributed by atoms with van der Waals surface area (Å²) < 4.78 is 19.8. The zero-order chi connectivity index (χ0) is 12.3. The third-order valence-corrected chi connectivity index (χ3v) is 8.92. The van der Waals surface area contributed by atoms with Gasteiger partial charge in [0.05, 0.1) is 0 Å². The Balaban J connectivity index is 4.91. The Morgan fingerprint density at radius 1 is 1.13 bits per heavy atom. The summed E-state index contributed by atoms with van der Waals surface area (Å²) in [4.78, 5) is 35.9. The maximum atomic E-state index is 11.1. The van der Waals surface area contributed by atoms with E-state index in [1.54, 1.807) is 0 Å². The monoisotopic (exact) mass is 278 g/mol. The highest BCUT2D eigenvalue weighted by Crippen LogP contribution is 2.73. The van der Waals surface area contributed by atoms with Gasteiger partial charge in [0.15, 0.2) is 0 Å². The summed E-state index contributed by atoms with van der Waals surface area (Å²) in [6.45, 7) is 2.79. The standard InChI is InChI=1S/C6H16O6P2S/c1-3-4-5-15-6(2,13(7,8)9)14(10,11)12/h3-5H2,1-2H3,(H2,7,8,9)(H2,10,11,12). The second kappa shape index (κ2) is 5.32. The lowest BCUT2D eigenvalue weighted by molar-refractivity contribution is 0.336. The normalized spacial score (nSPS) is 14.3. The van der Waals surface area contributed by atoms with Gasteiger partial charge >= 0.3 is 15.2 Å². The number of rotatable bonds is 6. The van der Waals surface area contributed by atoms with Crippen LogP contribution >= 0.6 is 27.0 Å². The van der Waals surface area contributed by atoms with Crippen molar-refractivity contribution in [1.29, 1.82) is 0 Å². The van der Waals surface area contributed by atoms with Crippen LogP contribution in [0.4, 0.5) is 0 Å². The number of thioether (sulfide) groups is 1. The summed E-state index contributed by atoms with van der Waals surface area (Å²) in [5, 5.41) is 0. The lowest BCUT2D eigenvalue weighted by Crippen LogP contribution is -2.21. The van der Waals surface area contributed by atoms with Crippen molar-refractivity contribution in [3.8, 4) is 0 Å². The smallest absolute Gasteiger partial charge is 0.323 e. The third kappa shape index (κ3) is 3.86. The fraction of sp³-hybridized carbons (Fsp3) is 1.00. The van der Waals surface area contributed by atoms with Gasteiger partial charge in [-0.2, -0.15) is 0 Å². The molecule has 0 aromatic carbocycles. The van der Waals surface area contributed by atoms with Crippen molar-refractivity contribution in [2.24, 2.45) is 0 Å². The molecule has 9 heteroatoms. The average Bonchev–Trinajstić information content (AvgIpc) is 2.00. The highest BCUT2D eigenvalue weighted by atomic mass is 32.2. The average molecular weight is 278 g/mol. The quantitative estimate of drug-likeness (QED) is 0.430. The van der Waals surface area contributed by atoms with Crippen LogP contribution in [0.5, 0.6) is 0 Å². The zero-order valence-corrected chi connectivity index (χ0v) is 11.1. The van der Waals surface area contributed by atoms with E-state index in [9.17, 15) is 9.13 Å². The fourth-order valence-electron chi connectivity index (χ4n) is 0.748. The third-order valence-electron chi connectivity index (χ3n) is 1.95. The van der Waals surface area contributed by atoms with Crippen molar-refractivity contribution >= 4 is 27.0 Å². The summed E-state index contributed by atoms with van der Waals surface area (Å²) >= 11 is 0.636. The van der Waals surface area contributed by atoms with Crippen LogP contribution in [0.15, 0.2) is 0 Å². The van der Waals surface area contributed by atoms with Crippen LogP contribution in [-0.2, 0) is 9.13 Å². The molecule has 0 aliphatic rings. The molecule has 0 aliphatic heterocycles. The van der Waals surface area contributed by atoms with Crippen molar-refractivity contribution in [1.82, 2.24) is 0 Å². The molecule has 0 atom stereocenters. The van der Waals surface area contributed by atoms with Gasteiger partial charge in [0.1, 0.15) is 0 Å². The minimum absolute atomic E-state index is 0.309. The van der Waals surface area contributed by atoms with Gasteiger partial charge in [0.2, 0.25) is 4.23 Å². The first-order valence-electron chi connectivity index (χ1n) is 4.31. The minimum Gasteiger partial charge on any atom is -0.323 e. The van der Waals surface area contributed by atoms with Gasteiger partial charge < -0.3 is 19.6 Å². The largest absolute Gasteiger partial charge is 0.353 e. The van der Waals surface area contributed by atoms with E-state index in [1.807, 2.05) is 6.92 Å². The van der Waals surface area contributed by atoms with Crippen LogP contribution in [0.25, 0.3) is 0 Å².